The van der Waals surface area contributed by atoms with Crippen LogP contribution in [0.1, 0.15) is 60.8 Å². The molecule has 0 aliphatic heterocycles. The lowest BCUT2D eigenvalue weighted by molar-refractivity contribution is -0.00142. The number of hydrogen-bond donors (Lipinski definition) is 3. The molecule has 3 N–H and O–H groups in total. The van der Waals surface area contributed by atoms with E-state index < -0.39 is 23.8 Å². The SMILES string of the molecule is CC(C)CCCC(C)NC[C@@H](O)[C@H](Cn1cccn1)N(C(=O)O)C(C)(C)C. The molecule has 1 unspecified atom stereocenters. The average Bonchev–Trinajstić information content (AvgIpc) is 3.03. The van der Waals surface area contributed by atoms with Crippen molar-refractivity contribution in [3.05, 3.63) is 18.5 Å². The molecule has 7 heteroatoms. The molecule has 0 aliphatic carbocycles. The number of hydrogen-bond acceptors (Lipinski definition) is 4. The van der Waals surface area contributed by atoms with Crippen LogP contribution in [-0.2, 0) is 6.54 Å². The molecule has 0 bridgehead atoms. The van der Waals surface area contributed by atoms with Crippen molar-refractivity contribution < 1.29 is 15.0 Å². The molecule has 0 saturated heterocycles. The number of aliphatic hydroxyl groups excluding tert-OH is 1. The third-order valence-electron chi connectivity index (χ3n) is 4.73. The van der Waals surface area contributed by atoms with Crippen LogP contribution in [0.3, 0.4) is 0 Å². The van der Waals surface area contributed by atoms with Gasteiger partial charge in [-0.3, -0.25) is 9.58 Å². The maximum atomic E-state index is 11.9. The van der Waals surface area contributed by atoms with Crippen molar-refractivity contribution in [1.82, 2.24) is 20.0 Å². The van der Waals surface area contributed by atoms with E-state index >= 15 is 0 Å². The van der Waals surface area contributed by atoms with Gasteiger partial charge >= 0.3 is 6.09 Å². The summed E-state index contributed by atoms with van der Waals surface area (Å²) in [5, 5.41) is 28.2. The molecule has 0 spiro atoms. The first-order chi connectivity index (χ1) is 12.5. The molecule has 0 aliphatic rings. The number of rotatable bonds is 11. The van der Waals surface area contributed by atoms with E-state index in [1.165, 1.54) is 11.3 Å². The fourth-order valence-electron chi connectivity index (χ4n) is 3.29. The lowest BCUT2D eigenvalue weighted by Gasteiger charge is -2.41. The largest absolute Gasteiger partial charge is 0.465 e. The van der Waals surface area contributed by atoms with Crippen LogP contribution >= 0.6 is 0 Å². The molecule has 1 amide bonds. The zero-order chi connectivity index (χ0) is 20.6. The van der Waals surface area contributed by atoms with Gasteiger partial charge in [-0.25, -0.2) is 4.79 Å². The Hall–Kier alpha value is -1.60. The summed E-state index contributed by atoms with van der Waals surface area (Å²) in [6.45, 7) is 12.7. The number of amides is 1. The van der Waals surface area contributed by atoms with E-state index in [0.29, 0.717) is 19.0 Å². The van der Waals surface area contributed by atoms with Crippen LogP contribution in [0.5, 0.6) is 0 Å². The number of carbonyl (C=O) groups is 1. The topological polar surface area (TPSA) is 90.6 Å². The second kappa shape index (κ2) is 10.7. The van der Waals surface area contributed by atoms with Gasteiger partial charge in [-0.05, 0) is 46.1 Å². The van der Waals surface area contributed by atoms with Crippen LogP contribution in [0, 0.1) is 5.92 Å². The van der Waals surface area contributed by atoms with Gasteiger partial charge in [0.2, 0.25) is 0 Å². The van der Waals surface area contributed by atoms with Crippen LogP contribution in [-0.4, -0.2) is 61.3 Å². The molecule has 0 aromatic carbocycles. The van der Waals surface area contributed by atoms with Crippen LogP contribution < -0.4 is 5.32 Å². The van der Waals surface area contributed by atoms with Gasteiger partial charge in [0.05, 0.1) is 18.7 Å². The lowest BCUT2D eigenvalue weighted by atomic mass is 9.99. The minimum atomic E-state index is -1.04. The summed E-state index contributed by atoms with van der Waals surface area (Å²) in [5.41, 5.74) is -0.631. The fourth-order valence-corrected chi connectivity index (χ4v) is 3.29. The highest BCUT2D eigenvalue weighted by Gasteiger charge is 2.37. The third-order valence-corrected chi connectivity index (χ3v) is 4.73. The predicted octanol–water partition coefficient (Wildman–Crippen LogP) is 3.20. The molecule has 0 saturated carbocycles. The predicted molar refractivity (Wildman–Crippen MR) is 108 cm³/mol. The van der Waals surface area contributed by atoms with Crippen LogP contribution in [0.4, 0.5) is 4.79 Å². The Morgan fingerprint density at radius 1 is 1.26 bits per heavy atom. The second-order valence-corrected chi connectivity index (χ2v) is 8.82. The monoisotopic (exact) mass is 382 g/mol. The Morgan fingerprint density at radius 3 is 2.41 bits per heavy atom. The van der Waals surface area contributed by atoms with Crippen LogP contribution in [0.15, 0.2) is 18.5 Å². The summed E-state index contributed by atoms with van der Waals surface area (Å²) < 4.78 is 1.67. The maximum Gasteiger partial charge on any atom is 0.408 e. The van der Waals surface area contributed by atoms with Crippen molar-refractivity contribution >= 4 is 6.09 Å². The molecule has 1 rings (SSSR count). The van der Waals surface area contributed by atoms with Crippen molar-refractivity contribution in [1.29, 1.82) is 0 Å². The fraction of sp³-hybridized carbons (Fsp3) is 0.800. The summed E-state index contributed by atoms with van der Waals surface area (Å²) in [7, 11) is 0. The highest BCUT2D eigenvalue weighted by molar-refractivity contribution is 5.66. The Labute approximate surface area is 163 Å². The molecule has 1 aromatic rings. The average molecular weight is 383 g/mol. The molecule has 1 aromatic heterocycles. The Bertz CT molecular complexity index is 540. The third kappa shape index (κ3) is 8.30. The molecular formula is C20H38N4O3. The van der Waals surface area contributed by atoms with Crippen molar-refractivity contribution in [2.45, 2.75) is 91.1 Å². The molecule has 156 valence electrons. The van der Waals surface area contributed by atoms with E-state index in [1.807, 2.05) is 20.8 Å². The van der Waals surface area contributed by atoms with E-state index in [2.05, 4.69) is 31.2 Å². The van der Waals surface area contributed by atoms with E-state index in [9.17, 15) is 15.0 Å². The summed E-state index contributed by atoms with van der Waals surface area (Å²) in [5.74, 6) is 0.692. The first-order valence-electron chi connectivity index (χ1n) is 9.93. The molecule has 1 heterocycles. The zero-order valence-corrected chi connectivity index (χ0v) is 17.7. The van der Waals surface area contributed by atoms with Crippen molar-refractivity contribution in [2.24, 2.45) is 5.92 Å². The number of aromatic nitrogens is 2. The van der Waals surface area contributed by atoms with Gasteiger partial charge in [-0.2, -0.15) is 5.10 Å². The normalized spacial score (nSPS) is 15.6. The minimum absolute atomic E-state index is 0.275. The van der Waals surface area contributed by atoms with Gasteiger partial charge in [-0.1, -0.05) is 26.7 Å². The minimum Gasteiger partial charge on any atom is -0.465 e. The first-order valence-corrected chi connectivity index (χ1v) is 9.93. The lowest BCUT2D eigenvalue weighted by Crippen LogP contribution is -2.59. The van der Waals surface area contributed by atoms with E-state index in [0.717, 1.165) is 12.8 Å². The molecular weight excluding hydrogens is 344 g/mol. The van der Waals surface area contributed by atoms with Crippen molar-refractivity contribution in [3.8, 4) is 0 Å². The number of nitrogens with one attached hydrogen (secondary N) is 1. The van der Waals surface area contributed by atoms with Crippen LogP contribution in [0.2, 0.25) is 0 Å². The smallest absolute Gasteiger partial charge is 0.408 e. The molecule has 3 atom stereocenters. The Morgan fingerprint density at radius 2 is 1.93 bits per heavy atom. The van der Waals surface area contributed by atoms with E-state index in [1.54, 1.807) is 23.1 Å². The molecule has 27 heavy (non-hydrogen) atoms. The van der Waals surface area contributed by atoms with Gasteiger partial charge in [0.15, 0.2) is 0 Å². The quantitative estimate of drug-likeness (QED) is 0.547. The highest BCUT2D eigenvalue weighted by atomic mass is 16.4. The van der Waals surface area contributed by atoms with Gasteiger partial charge in [0.1, 0.15) is 0 Å². The first kappa shape index (κ1) is 23.4. The number of aliphatic hydroxyl groups is 1. The summed E-state index contributed by atoms with van der Waals surface area (Å²) in [6, 6.07) is 1.47. The summed E-state index contributed by atoms with van der Waals surface area (Å²) >= 11 is 0. The van der Waals surface area contributed by atoms with Gasteiger partial charge in [0.25, 0.3) is 0 Å². The summed E-state index contributed by atoms with van der Waals surface area (Å²) in [6.07, 6.45) is 4.93. The maximum absolute atomic E-state index is 11.9. The van der Waals surface area contributed by atoms with Gasteiger partial charge in [-0.15, -0.1) is 0 Å². The molecule has 0 radical (unpaired) electrons. The Kier molecular flexibility index (Phi) is 9.26. The van der Waals surface area contributed by atoms with E-state index in [4.69, 9.17) is 0 Å². The summed E-state index contributed by atoms with van der Waals surface area (Å²) in [4.78, 5) is 13.3. The van der Waals surface area contributed by atoms with Gasteiger partial charge < -0.3 is 15.5 Å². The standard InChI is InChI=1S/C20H38N4O3/c1-15(2)9-7-10-16(3)21-13-18(25)17(14-23-12-8-11-22-23)24(19(26)27)20(4,5)6/h8,11-12,15-18,21,25H,7,9-10,13-14H2,1-6H3,(H,26,27)/t16?,17-,18+/m0/s1. The number of carboxylic acid groups (broad SMARTS) is 1. The molecule has 0 fully saturated rings. The second-order valence-electron chi connectivity index (χ2n) is 8.82. The van der Waals surface area contributed by atoms with E-state index in [-0.39, 0.29) is 6.04 Å². The van der Waals surface area contributed by atoms with Crippen LogP contribution in [0.25, 0.3) is 0 Å². The number of nitrogens with zero attached hydrogens (tertiary/aromatic N) is 3. The highest BCUT2D eigenvalue weighted by Crippen LogP contribution is 2.21. The van der Waals surface area contributed by atoms with Gasteiger partial charge in [0, 0.05) is 30.5 Å². The van der Waals surface area contributed by atoms with Crippen molar-refractivity contribution in [3.63, 3.8) is 0 Å². The molecule has 7 nitrogen and oxygen atoms in total. The zero-order valence-electron chi connectivity index (χ0n) is 17.7. The van der Waals surface area contributed by atoms with Crippen molar-refractivity contribution in [2.75, 3.05) is 6.54 Å². The Balaban J connectivity index is 2.77.